The van der Waals surface area contributed by atoms with E-state index in [4.69, 9.17) is 14.2 Å². The number of ether oxygens (including phenoxy) is 3. The van der Waals surface area contributed by atoms with E-state index in [9.17, 15) is 4.79 Å². The molecule has 1 fully saturated rings. The fourth-order valence-corrected chi connectivity index (χ4v) is 2.21. The van der Waals surface area contributed by atoms with Crippen molar-refractivity contribution in [3.63, 3.8) is 0 Å². The number of carbonyl (C=O) groups excluding carboxylic acids is 1. The van der Waals surface area contributed by atoms with Crippen LogP contribution in [0.3, 0.4) is 0 Å². The van der Waals surface area contributed by atoms with Crippen LogP contribution in [-0.4, -0.2) is 39.4 Å². The van der Waals surface area contributed by atoms with Crippen molar-refractivity contribution >= 4 is 12.0 Å². The number of amides is 1. The summed E-state index contributed by atoms with van der Waals surface area (Å²) in [6.07, 6.45) is 5.43. The molecule has 114 valence electrons. The molecule has 1 amide bonds. The quantitative estimate of drug-likeness (QED) is 0.815. The molecule has 5 heteroatoms. The third-order valence-electron chi connectivity index (χ3n) is 3.38. The molecule has 0 radical (unpaired) electrons. The first-order valence-electron chi connectivity index (χ1n) is 7.02. The molecule has 1 atom stereocenters. The molecule has 0 aromatic heterocycles. The Bertz CT molecular complexity index is 507. The second-order valence-electron chi connectivity index (χ2n) is 4.82. The molecule has 5 nitrogen and oxygen atoms in total. The van der Waals surface area contributed by atoms with Gasteiger partial charge in [-0.25, -0.2) is 0 Å². The van der Waals surface area contributed by atoms with Crippen molar-refractivity contribution in [1.29, 1.82) is 0 Å². The van der Waals surface area contributed by atoms with Crippen molar-refractivity contribution in [2.75, 3.05) is 27.4 Å². The van der Waals surface area contributed by atoms with E-state index >= 15 is 0 Å². The SMILES string of the molecule is COc1ccc(OC)c(/C=C\C(=O)NC[C@H]2CCCO2)c1. The van der Waals surface area contributed by atoms with Gasteiger partial charge in [0.2, 0.25) is 5.91 Å². The third kappa shape index (κ3) is 4.49. The highest BCUT2D eigenvalue weighted by Crippen LogP contribution is 2.24. The first kappa shape index (κ1) is 15.4. The van der Waals surface area contributed by atoms with Gasteiger partial charge in [-0.05, 0) is 37.1 Å². The van der Waals surface area contributed by atoms with Crippen LogP contribution in [0.4, 0.5) is 0 Å². The smallest absolute Gasteiger partial charge is 0.244 e. The van der Waals surface area contributed by atoms with Gasteiger partial charge in [-0.15, -0.1) is 0 Å². The largest absolute Gasteiger partial charge is 0.497 e. The molecule has 0 aliphatic carbocycles. The Morgan fingerprint density at radius 1 is 1.43 bits per heavy atom. The molecule has 0 unspecified atom stereocenters. The minimum atomic E-state index is -0.143. The molecule has 1 aromatic rings. The molecule has 21 heavy (non-hydrogen) atoms. The maximum Gasteiger partial charge on any atom is 0.244 e. The number of hydrogen-bond donors (Lipinski definition) is 1. The molecular formula is C16H21NO4. The van der Waals surface area contributed by atoms with Crippen molar-refractivity contribution in [2.45, 2.75) is 18.9 Å². The number of hydrogen-bond acceptors (Lipinski definition) is 4. The summed E-state index contributed by atoms with van der Waals surface area (Å²) < 4.78 is 15.9. The number of carbonyl (C=O) groups is 1. The topological polar surface area (TPSA) is 56.8 Å². The second kappa shape index (κ2) is 7.69. The highest BCUT2D eigenvalue weighted by Gasteiger charge is 2.15. The lowest BCUT2D eigenvalue weighted by atomic mass is 10.1. The van der Waals surface area contributed by atoms with Gasteiger partial charge in [-0.1, -0.05) is 0 Å². The first-order valence-corrected chi connectivity index (χ1v) is 7.02. The van der Waals surface area contributed by atoms with Crippen LogP contribution in [0.5, 0.6) is 11.5 Å². The second-order valence-corrected chi connectivity index (χ2v) is 4.82. The lowest BCUT2D eigenvalue weighted by Crippen LogP contribution is -2.30. The molecule has 1 aliphatic rings. The number of benzene rings is 1. The molecule has 2 rings (SSSR count). The normalized spacial score (nSPS) is 17.9. The summed E-state index contributed by atoms with van der Waals surface area (Å²) >= 11 is 0. The van der Waals surface area contributed by atoms with Crippen molar-refractivity contribution in [1.82, 2.24) is 5.32 Å². The summed E-state index contributed by atoms with van der Waals surface area (Å²) in [6, 6.07) is 5.44. The minimum absolute atomic E-state index is 0.143. The van der Waals surface area contributed by atoms with Gasteiger partial charge in [0.1, 0.15) is 11.5 Å². The zero-order valence-electron chi connectivity index (χ0n) is 12.4. The summed E-state index contributed by atoms with van der Waals surface area (Å²) in [5, 5.41) is 2.84. The molecule has 0 spiro atoms. The standard InChI is InChI=1S/C16H21NO4/c1-19-13-6-7-15(20-2)12(10-13)5-8-16(18)17-11-14-4-3-9-21-14/h5-8,10,14H,3-4,9,11H2,1-2H3,(H,17,18)/b8-5-/t14-/m1/s1. The van der Waals surface area contributed by atoms with Gasteiger partial charge in [0.15, 0.2) is 0 Å². The molecule has 1 aromatic carbocycles. The molecule has 1 saturated heterocycles. The van der Waals surface area contributed by atoms with Gasteiger partial charge < -0.3 is 19.5 Å². The van der Waals surface area contributed by atoms with E-state index in [1.807, 2.05) is 18.2 Å². The van der Waals surface area contributed by atoms with Crippen molar-refractivity contribution in [2.24, 2.45) is 0 Å². The zero-order chi connectivity index (χ0) is 15.1. The molecule has 0 bridgehead atoms. The van der Waals surface area contributed by atoms with E-state index in [1.54, 1.807) is 20.3 Å². The Balaban J connectivity index is 1.94. The Labute approximate surface area is 124 Å². The average molecular weight is 291 g/mol. The fraction of sp³-hybridized carbons (Fsp3) is 0.438. The Hall–Kier alpha value is -2.01. The van der Waals surface area contributed by atoms with Crippen molar-refractivity contribution in [3.05, 3.63) is 29.8 Å². The zero-order valence-corrected chi connectivity index (χ0v) is 12.4. The summed E-state index contributed by atoms with van der Waals surface area (Å²) in [4.78, 5) is 11.8. The molecule has 1 N–H and O–H groups in total. The van der Waals surface area contributed by atoms with Gasteiger partial charge in [0.05, 0.1) is 20.3 Å². The molecule has 1 aliphatic heterocycles. The number of nitrogens with one attached hydrogen (secondary N) is 1. The van der Waals surface area contributed by atoms with Crippen LogP contribution >= 0.6 is 0 Å². The highest BCUT2D eigenvalue weighted by molar-refractivity contribution is 5.92. The van der Waals surface area contributed by atoms with Crippen LogP contribution in [0, 0.1) is 0 Å². The van der Waals surface area contributed by atoms with E-state index in [2.05, 4.69) is 5.32 Å². The lowest BCUT2D eigenvalue weighted by molar-refractivity contribution is -0.116. The van der Waals surface area contributed by atoms with Crippen molar-refractivity contribution < 1.29 is 19.0 Å². The van der Waals surface area contributed by atoms with Gasteiger partial charge in [-0.2, -0.15) is 0 Å². The average Bonchev–Trinajstić information content (AvgIpc) is 3.04. The van der Waals surface area contributed by atoms with Crippen LogP contribution in [0.1, 0.15) is 18.4 Å². The lowest BCUT2D eigenvalue weighted by Gasteiger charge is -2.09. The van der Waals surface area contributed by atoms with Gasteiger partial charge in [-0.3, -0.25) is 4.79 Å². The van der Waals surface area contributed by atoms with Crippen molar-refractivity contribution in [3.8, 4) is 11.5 Å². The Morgan fingerprint density at radius 3 is 2.95 bits per heavy atom. The third-order valence-corrected chi connectivity index (χ3v) is 3.38. The Morgan fingerprint density at radius 2 is 2.29 bits per heavy atom. The predicted molar refractivity (Wildman–Crippen MR) is 80.6 cm³/mol. The highest BCUT2D eigenvalue weighted by atomic mass is 16.5. The molecule has 1 heterocycles. The van der Waals surface area contributed by atoms with E-state index in [0.29, 0.717) is 12.3 Å². The van der Waals surface area contributed by atoms with Crippen LogP contribution in [0.25, 0.3) is 6.08 Å². The van der Waals surface area contributed by atoms with Crippen LogP contribution in [0.15, 0.2) is 24.3 Å². The van der Waals surface area contributed by atoms with E-state index in [1.165, 1.54) is 6.08 Å². The van der Waals surface area contributed by atoms with Gasteiger partial charge in [0.25, 0.3) is 0 Å². The summed E-state index contributed by atoms with van der Waals surface area (Å²) in [5.74, 6) is 1.27. The van der Waals surface area contributed by atoms with E-state index in [-0.39, 0.29) is 12.0 Å². The summed E-state index contributed by atoms with van der Waals surface area (Å²) in [6.45, 7) is 1.34. The van der Waals surface area contributed by atoms with E-state index < -0.39 is 0 Å². The maximum atomic E-state index is 11.8. The maximum absolute atomic E-state index is 11.8. The minimum Gasteiger partial charge on any atom is -0.497 e. The number of rotatable bonds is 6. The van der Waals surface area contributed by atoms with Gasteiger partial charge in [0, 0.05) is 24.8 Å². The predicted octanol–water partition coefficient (Wildman–Crippen LogP) is 2.01. The molecular weight excluding hydrogens is 270 g/mol. The van der Waals surface area contributed by atoms with E-state index in [0.717, 1.165) is 30.8 Å². The fourth-order valence-electron chi connectivity index (χ4n) is 2.21. The van der Waals surface area contributed by atoms with Crippen LogP contribution in [-0.2, 0) is 9.53 Å². The molecule has 0 saturated carbocycles. The van der Waals surface area contributed by atoms with Crippen LogP contribution < -0.4 is 14.8 Å². The van der Waals surface area contributed by atoms with Crippen LogP contribution in [0.2, 0.25) is 0 Å². The monoisotopic (exact) mass is 291 g/mol. The summed E-state index contributed by atoms with van der Waals surface area (Å²) in [5.41, 5.74) is 0.795. The summed E-state index contributed by atoms with van der Waals surface area (Å²) in [7, 11) is 3.19. The Kier molecular flexibility index (Phi) is 5.63. The number of methoxy groups -OCH3 is 2. The first-order chi connectivity index (χ1) is 10.2. The van der Waals surface area contributed by atoms with Gasteiger partial charge >= 0.3 is 0 Å².